The maximum absolute atomic E-state index is 13.2. The molecule has 4 heteroatoms. The lowest BCUT2D eigenvalue weighted by Gasteiger charge is -2.32. The molecule has 1 saturated heterocycles. The normalized spacial score (nSPS) is 30.7. The molecule has 0 radical (unpaired) electrons. The molecular weight excluding hydrogens is 293 g/mol. The topological polar surface area (TPSA) is 29.5 Å². The monoisotopic (exact) mass is 317 g/mol. The summed E-state index contributed by atoms with van der Waals surface area (Å²) in [5.41, 5.74) is 0. The van der Waals surface area contributed by atoms with Crippen molar-refractivity contribution >= 4 is 5.91 Å². The predicted octanol–water partition coefficient (Wildman–Crippen LogP) is 3.63. The number of amides is 1. The molecule has 23 heavy (non-hydrogen) atoms. The van der Waals surface area contributed by atoms with Crippen molar-refractivity contribution in [2.75, 3.05) is 13.1 Å². The number of fused-ring (bicyclic) bond motifs is 1. The van der Waals surface area contributed by atoms with E-state index in [1.807, 2.05) is 4.90 Å². The van der Waals surface area contributed by atoms with Crippen LogP contribution in [0.4, 0.5) is 4.39 Å². The van der Waals surface area contributed by atoms with Gasteiger partial charge in [0.25, 0.3) is 0 Å². The number of hydrogen-bond acceptors (Lipinski definition) is 2. The molecular formula is C19H24FNO2. The van der Waals surface area contributed by atoms with Gasteiger partial charge in [0, 0.05) is 37.9 Å². The minimum Gasteiger partial charge on any atom is -0.490 e. The first kappa shape index (κ1) is 15.0. The second kappa shape index (κ2) is 6.14. The zero-order chi connectivity index (χ0) is 15.8. The van der Waals surface area contributed by atoms with Gasteiger partial charge in [0.15, 0.2) is 0 Å². The minimum absolute atomic E-state index is 0.0855. The van der Waals surface area contributed by atoms with Crippen molar-refractivity contribution in [1.82, 2.24) is 4.90 Å². The second-order valence-electron chi connectivity index (χ2n) is 7.24. The highest BCUT2D eigenvalue weighted by Crippen LogP contribution is 2.56. The van der Waals surface area contributed by atoms with Crippen LogP contribution in [0.25, 0.3) is 0 Å². The molecule has 0 spiro atoms. The summed E-state index contributed by atoms with van der Waals surface area (Å²) < 4.78 is 19.1. The van der Waals surface area contributed by atoms with Crippen molar-refractivity contribution in [3.8, 4) is 5.75 Å². The molecule has 4 rings (SSSR count). The molecule has 3 aliphatic rings. The van der Waals surface area contributed by atoms with Gasteiger partial charge >= 0.3 is 0 Å². The number of likely N-dealkylation sites (tertiary alicyclic amines) is 1. The van der Waals surface area contributed by atoms with Crippen molar-refractivity contribution in [2.45, 2.75) is 44.6 Å². The first-order valence-electron chi connectivity index (χ1n) is 8.93. The van der Waals surface area contributed by atoms with Gasteiger partial charge in [-0.2, -0.15) is 0 Å². The third-order valence-electron chi connectivity index (χ3n) is 5.79. The third kappa shape index (κ3) is 3.08. The summed E-state index contributed by atoms with van der Waals surface area (Å²) in [6.07, 6.45) is 6.86. The molecule has 2 atom stereocenters. The Morgan fingerprint density at radius 1 is 1.09 bits per heavy atom. The molecule has 2 saturated carbocycles. The Bertz CT molecular complexity index is 570. The molecule has 0 N–H and O–H groups in total. The van der Waals surface area contributed by atoms with Gasteiger partial charge in [0.05, 0.1) is 0 Å². The van der Waals surface area contributed by atoms with E-state index in [4.69, 9.17) is 4.74 Å². The Hall–Kier alpha value is -1.58. The zero-order valence-electron chi connectivity index (χ0n) is 13.4. The van der Waals surface area contributed by atoms with Gasteiger partial charge in [-0.05, 0) is 36.8 Å². The van der Waals surface area contributed by atoms with Crippen LogP contribution in [0, 0.1) is 23.6 Å². The highest BCUT2D eigenvalue weighted by atomic mass is 19.1. The molecule has 1 heterocycles. The van der Waals surface area contributed by atoms with Crippen LogP contribution in [0.3, 0.4) is 0 Å². The molecule has 0 unspecified atom stereocenters. The van der Waals surface area contributed by atoms with E-state index in [9.17, 15) is 9.18 Å². The van der Waals surface area contributed by atoms with Crippen LogP contribution in [-0.4, -0.2) is 30.0 Å². The summed E-state index contributed by atoms with van der Waals surface area (Å²) in [6.45, 7) is 1.55. The smallest absolute Gasteiger partial charge is 0.226 e. The predicted molar refractivity (Wildman–Crippen MR) is 85.6 cm³/mol. The lowest BCUT2D eigenvalue weighted by Crippen LogP contribution is -2.42. The van der Waals surface area contributed by atoms with E-state index in [0.29, 0.717) is 29.4 Å². The van der Waals surface area contributed by atoms with E-state index in [1.54, 1.807) is 12.1 Å². The van der Waals surface area contributed by atoms with Gasteiger partial charge in [-0.25, -0.2) is 4.39 Å². The van der Waals surface area contributed by atoms with Crippen molar-refractivity contribution in [3.05, 3.63) is 30.1 Å². The number of piperidine rings is 1. The Morgan fingerprint density at radius 3 is 2.43 bits per heavy atom. The number of carbonyl (C=O) groups excluding carboxylic acids is 1. The third-order valence-corrected chi connectivity index (χ3v) is 5.79. The first-order valence-corrected chi connectivity index (χ1v) is 8.93. The van der Waals surface area contributed by atoms with Gasteiger partial charge < -0.3 is 9.64 Å². The zero-order valence-corrected chi connectivity index (χ0v) is 13.4. The van der Waals surface area contributed by atoms with Crippen LogP contribution >= 0.6 is 0 Å². The molecule has 1 amide bonds. The molecule has 3 nitrogen and oxygen atoms in total. The number of benzene rings is 1. The van der Waals surface area contributed by atoms with E-state index in [0.717, 1.165) is 25.9 Å². The molecule has 1 aromatic carbocycles. The van der Waals surface area contributed by atoms with Crippen molar-refractivity contribution in [2.24, 2.45) is 17.8 Å². The number of rotatable bonds is 3. The van der Waals surface area contributed by atoms with Gasteiger partial charge in [0.1, 0.15) is 17.7 Å². The van der Waals surface area contributed by atoms with Crippen molar-refractivity contribution in [1.29, 1.82) is 0 Å². The summed E-state index contributed by atoms with van der Waals surface area (Å²) in [7, 11) is 0. The average molecular weight is 317 g/mol. The van der Waals surface area contributed by atoms with E-state index >= 15 is 0 Å². The standard InChI is InChI=1S/C19H24FNO2/c20-13-4-3-5-15(12-13)23-14-8-10-21(11-9-14)19(22)18-16-6-1-2-7-17(16)18/h3-5,12,14,16-18H,1-2,6-11H2/t16-,17-/m0/s1. The summed E-state index contributed by atoms with van der Waals surface area (Å²) >= 11 is 0. The number of carbonyl (C=O) groups is 1. The van der Waals surface area contributed by atoms with Crippen molar-refractivity contribution in [3.63, 3.8) is 0 Å². The van der Waals surface area contributed by atoms with Crippen LogP contribution in [0.15, 0.2) is 24.3 Å². The van der Waals surface area contributed by atoms with E-state index in [-0.39, 0.29) is 11.9 Å². The van der Waals surface area contributed by atoms with Gasteiger partial charge in [0.2, 0.25) is 5.91 Å². The summed E-state index contributed by atoms with van der Waals surface area (Å²) in [6, 6.07) is 6.29. The SMILES string of the molecule is O=C(C1[C@H]2CCCC[C@H]12)N1CCC(Oc2cccc(F)c2)CC1. The fraction of sp³-hybridized carbons (Fsp3) is 0.632. The fourth-order valence-corrected chi connectivity index (χ4v) is 4.50. The van der Waals surface area contributed by atoms with E-state index < -0.39 is 0 Å². The summed E-state index contributed by atoms with van der Waals surface area (Å²) in [5.74, 6) is 2.37. The Morgan fingerprint density at radius 2 is 1.78 bits per heavy atom. The molecule has 124 valence electrons. The molecule has 1 aromatic rings. The molecule has 0 bridgehead atoms. The van der Waals surface area contributed by atoms with Crippen LogP contribution in [-0.2, 0) is 4.79 Å². The number of halogens is 1. The van der Waals surface area contributed by atoms with Gasteiger partial charge in [-0.15, -0.1) is 0 Å². The lowest BCUT2D eigenvalue weighted by atomic mass is 10.0. The van der Waals surface area contributed by atoms with Crippen LogP contribution in [0.2, 0.25) is 0 Å². The summed E-state index contributed by atoms with van der Waals surface area (Å²) in [5, 5.41) is 0. The maximum Gasteiger partial charge on any atom is 0.226 e. The maximum atomic E-state index is 13.2. The highest BCUT2D eigenvalue weighted by molar-refractivity contribution is 5.82. The second-order valence-corrected chi connectivity index (χ2v) is 7.24. The number of hydrogen-bond donors (Lipinski definition) is 0. The van der Waals surface area contributed by atoms with Crippen LogP contribution in [0.1, 0.15) is 38.5 Å². The van der Waals surface area contributed by atoms with Crippen molar-refractivity contribution < 1.29 is 13.9 Å². The van der Waals surface area contributed by atoms with Gasteiger partial charge in [-0.1, -0.05) is 18.9 Å². The number of nitrogens with zero attached hydrogens (tertiary/aromatic N) is 1. The minimum atomic E-state index is -0.272. The molecule has 1 aliphatic heterocycles. The molecule has 0 aromatic heterocycles. The fourth-order valence-electron chi connectivity index (χ4n) is 4.50. The Labute approximate surface area is 136 Å². The average Bonchev–Trinajstić information content (AvgIpc) is 3.29. The largest absolute Gasteiger partial charge is 0.490 e. The van der Waals surface area contributed by atoms with Gasteiger partial charge in [-0.3, -0.25) is 4.79 Å². The molecule has 2 aliphatic carbocycles. The van der Waals surface area contributed by atoms with Crippen LogP contribution < -0.4 is 4.74 Å². The quantitative estimate of drug-likeness (QED) is 0.852. The lowest BCUT2D eigenvalue weighted by molar-refractivity contribution is -0.135. The molecule has 3 fully saturated rings. The first-order chi connectivity index (χ1) is 11.2. The van der Waals surface area contributed by atoms with E-state index in [1.165, 1.54) is 37.8 Å². The number of ether oxygens (including phenoxy) is 1. The Kier molecular flexibility index (Phi) is 4.00. The van der Waals surface area contributed by atoms with Crippen LogP contribution in [0.5, 0.6) is 5.75 Å². The highest BCUT2D eigenvalue weighted by Gasteiger charge is 2.55. The van der Waals surface area contributed by atoms with E-state index in [2.05, 4.69) is 0 Å². The Balaban J connectivity index is 1.28. The summed E-state index contributed by atoms with van der Waals surface area (Å²) in [4.78, 5) is 14.7.